The summed E-state index contributed by atoms with van der Waals surface area (Å²) in [6.45, 7) is 5.24. The molecule has 6 heteroatoms. The molecule has 1 unspecified atom stereocenters. The summed E-state index contributed by atoms with van der Waals surface area (Å²) < 4.78 is 0. The molecule has 2 aromatic rings. The number of nitrogen functional groups attached to an aromatic ring is 1. The second-order valence-electron chi connectivity index (χ2n) is 5.76. The maximum atomic E-state index is 12.5. The number of hydrogen-bond acceptors (Lipinski definition) is 3. The molecule has 0 saturated heterocycles. The third kappa shape index (κ3) is 4.49. The van der Waals surface area contributed by atoms with Gasteiger partial charge in [0, 0.05) is 12.5 Å². The number of hydrogen-bond donors (Lipinski definition) is 3. The number of rotatable bonds is 4. The molecule has 0 saturated carbocycles. The van der Waals surface area contributed by atoms with Crippen molar-refractivity contribution in [2.45, 2.75) is 26.9 Å². The zero-order chi connectivity index (χ0) is 17.9. The summed E-state index contributed by atoms with van der Waals surface area (Å²) in [5, 5.41) is 5.93. The molecule has 126 valence electrons. The van der Waals surface area contributed by atoms with Crippen LogP contribution in [0.15, 0.2) is 36.4 Å². The molecule has 0 fully saturated rings. The first kappa shape index (κ1) is 17.8. The van der Waals surface area contributed by atoms with Crippen molar-refractivity contribution in [2.75, 3.05) is 5.73 Å². The van der Waals surface area contributed by atoms with Gasteiger partial charge in [0.15, 0.2) is 0 Å². The Morgan fingerprint density at radius 1 is 1.04 bits per heavy atom. The molecule has 0 spiro atoms. The van der Waals surface area contributed by atoms with Crippen LogP contribution in [0.2, 0.25) is 5.02 Å². The van der Waals surface area contributed by atoms with Gasteiger partial charge in [0.25, 0.3) is 5.91 Å². The van der Waals surface area contributed by atoms with Gasteiger partial charge in [0.05, 0.1) is 10.7 Å². The van der Waals surface area contributed by atoms with Crippen LogP contribution in [-0.4, -0.2) is 11.8 Å². The Hall–Kier alpha value is -2.53. The third-order valence-corrected chi connectivity index (χ3v) is 3.80. The molecule has 0 aromatic heterocycles. The first-order valence-corrected chi connectivity index (χ1v) is 7.85. The van der Waals surface area contributed by atoms with Crippen LogP contribution in [0, 0.1) is 13.8 Å². The van der Waals surface area contributed by atoms with E-state index >= 15 is 0 Å². The van der Waals surface area contributed by atoms with Crippen LogP contribution < -0.4 is 16.4 Å². The summed E-state index contributed by atoms with van der Waals surface area (Å²) in [6.07, 6.45) is -0.699. The molecular weight excluding hydrogens is 326 g/mol. The van der Waals surface area contributed by atoms with Gasteiger partial charge in [-0.1, -0.05) is 34.9 Å². The summed E-state index contributed by atoms with van der Waals surface area (Å²) >= 11 is 5.93. The predicted molar refractivity (Wildman–Crippen MR) is 95.8 cm³/mol. The van der Waals surface area contributed by atoms with Crippen LogP contribution >= 0.6 is 11.6 Å². The SMILES string of the molecule is CC(=O)NC(NC(=O)c1cc(C)cc(C)c1)c1ccc(Cl)c(N)c1. The highest BCUT2D eigenvalue weighted by Crippen LogP contribution is 2.23. The van der Waals surface area contributed by atoms with E-state index in [1.807, 2.05) is 19.9 Å². The normalized spacial score (nSPS) is 11.7. The zero-order valence-corrected chi connectivity index (χ0v) is 14.6. The van der Waals surface area contributed by atoms with Gasteiger partial charge in [-0.25, -0.2) is 0 Å². The van der Waals surface area contributed by atoms with E-state index in [1.165, 1.54) is 6.92 Å². The Morgan fingerprint density at radius 2 is 1.67 bits per heavy atom. The first-order valence-electron chi connectivity index (χ1n) is 7.47. The lowest BCUT2D eigenvalue weighted by Crippen LogP contribution is -2.40. The molecule has 24 heavy (non-hydrogen) atoms. The minimum Gasteiger partial charge on any atom is -0.398 e. The van der Waals surface area contributed by atoms with E-state index < -0.39 is 6.17 Å². The number of nitrogens with two attached hydrogens (primary N) is 1. The largest absolute Gasteiger partial charge is 0.398 e. The standard InChI is InChI=1S/C18H20ClN3O2/c1-10-6-11(2)8-14(7-10)18(24)22-17(21-12(3)23)13-4-5-15(19)16(20)9-13/h4-9,17H,20H2,1-3H3,(H,21,23)(H,22,24). The number of nitrogens with one attached hydrogen (secondary N) is 2. The lowest BCUT2D eigenvalue weighted by Gasteiger charge is -2.21. The maximum absolute atomic E-state index is 12.5. The van der Waals surface area contributed by atoms with Gasteiger partial charge in [-0.3, -0.25) is 9.59 Å². The van der Waals surface area contributed by atoms with Gasteiger partial charge in [0.1, 0.15) is 6.17 Å². The molecule has 1 atom stereocenters. The molecule has 0 aliphatic heterocycles. The summed E-state index contributed by atoms with van der Waals surface area (Å²) in [6, 6.07) is 10.5. The minimum atomic E-state index is -0.699. The highest BCUT2D eigenvalue weighted by atomic mass is 35.5. The summed E-state index contributed by atoms with van der Waals surface area (Å²) in [4.78, 5) is 24.0. The van der Waals surface area contributed by atoms with Crippen molar-refractivity contribution in [3.05, 3.63) is 63.7 Å². The summed E-state index contributed by atoms with van der Waals surface area (Å²) in [5.41, 5.74) is 9.35. The lowest BCUT2D eigenvalue weighted by atomic mass is 10.1. The van der Waals surface area contributed by atoms with Crippen LogP contribution in [-0.2, 0) is 4.79 Å². The van der Waals surface area contributed by atoms with E-state index in [1.54, 1.807) is 30.3 Å². The highest BCUT2D eigenvalue weighted by molar-refractivity contribution is 6.33. The number of anilines is 1. The van der Waals surface area contributed by atoms with Crippen molar-refractivity contribution in [3.63, 3.8) is 0 Å². The fourth-order valence-electron chi connectivity index (χ4n) is 2.47. The molecule has 2 amide bonds. The van der Waals surface area contributed by atoms with E-state index in [0.29, 0.717) is 21.8 Å². The molecule has 0 heterocycles. The van der Waals surface area contributed by atoms with E-state index in [4.69, 9.17) is 17.3 Å². The Bertz CT molecular complexity index is 770. The fourth-order valence-corrected chi connectivity index (χ4v) is 2.59. The fraction of sp³-hybridized carbons (Fsp3) is 0.222. The van der Waals surface area contributed by atoms with E-state index in [0.717, 1.165) is 11.1 Å². The lowest BCUT2D eigenvalue weighted by molar-refractivity contribution is -0.119. The van der Waals surface area contributed by atoms with Gasteiger partial charge in [0.2, 0.25) is 5.91 Å². The number of carbonyl (C=O) groups is 2. The van der Waals surface area contributed by atoms with Gasteiger partial charge < -0.3 is 16.4 Å². The third-order valence-electron chi connectivity index (χ3n) is 3.46. The van der Waals surface area contributed by atoms with Crippen LogP contribution in [0.3, 0.4) is 0 Å². The van der Waals surface area contributed by atoms with E-state index in [-0.39, 0.29) is 11.8 Å². The topological polar surface area (TPSA) is 84.2 Å². The van der Waals surface area contributed by atoms with E-state index in [9.17, 15) is 9.59 Å². The van der Waals surface area contributed by atoms with Crippen molar-refractivity contribution >= 4 is 29.1 Å². The monoisotopic (exact) mass is 345 g/mol. The number of benzene rings is 2. The molecule has 4 N–H and O–H groups in total. The van der Waals surface area contributed by atoms with Gasteiger partial charge in [-0.2, -0.15) is 0 Å². The second kappa shape index (κ2) is 7.36. The predicted octanol–water partition coefficient (Wildman–Crippen LogP) is 3.10. The zero-order valence-electron chi connectivity index (χ0n) is 13.8. The Kier molecular flexibility index (Phi) is 5.46. The van der Waals surface area contributed by atoms with Crippen molar-refractivity contribution in [2.24, 2.45) is 0 Å². The highest BCUT2D eigenvalue weighted by Gasteiger charge is 2.18. The van der Waals surface area contributed by atoms with Crippen LogP contribution in [0.1, 0.15) is 40.1 Å². The molecule has 0 radical (unpaired) electrons. The molecule has 5 nitrogen and oxygen atoms in total. The Balaban J connectivity index is 2.29. The molecule has 0 aliphatic carbocycles. The minimum absolute atomic E-state index is 0.269. The smallest absolute Gasteiger partial charge is 0.253 e. The van der Waals surface area contributed by atoms with Gasteiger partial charge in [-0.05, 0) is 43.7 Å². The summed E-state index contributed by atoms with van der Waals surface area (Å²) in [5.74, 6) is -0.552. The number of aryl methyl sites for hydroxylation is 2. The van der Waals surface area contributed by atoms with E-state index in [2.05, 4.69) is 10.6 Å². The van der Waals surface area contributed by atoms with Crippen molar-refractivity contribution in [1.29, 1.82) is 0 Å². The van der Waals surface area contributed by atoms with Crippen molar-refractivity contribution in [3.8, 4) is 0 Å². The number of halogens is 1. The van der Waals surface area contributed by atoms with Crippen LogP contribution in [0.4, 0.5) is 5.69 Å². The number of amides is 2. The molecule has 2 rings (SSSR count). The first-order chi connectivity index (χ1) is 11.3. The summed E-state index contributed by atoms with van der Waals surface area (Å²) in [7, 11) is 0. The van der Waals surface area contributed by atoms with Crippen LogP contribution in [0.25, 0.3) is 0 Å². The second-order valence-corrected chi connectivity index (χ2v) is 6.17. The van der Waals surface area contributed by atoms with Crippen LogP contribution in [0.5, 0.6) is 0 Å². The molecular formula is C18H20ClN3O2. The Labute approximate surface area is 146 Å². The van der Waals surface area contributed by atoms with Crippen molar-refractivity contribution < 1.29 is 9.59 Å². The Morgan fingerprint density at radius 3 is 2.21 bits per heavy atom. The van der Waals surface area contributed by atoms with Crippen molar-refractivity contribution in [1.82, 2.24) is 10.6 Å². The quantitative estimate of drug-likeness (QED) is 0.588. The average Bonchev–Trinajstić information content (AvgIpc) is 2.48. The molecule has 0 aliphatic rings. The van der Waals surface area contributed by atoms with Gasteiger partial charge in [-0.15, -0.1) is 0 Å². The number of carbonyl (C=O) groups excluding carboxylic acids is 2. The molecule has 0 bridgehead atoms. The van der Waals surface area contributed by atoms with Gasteiger partial charge >= 0.3 is 0 Å². The maximum Gasteiger partial charge on any atom is 0.253 e. The average molecular weight is 346 g/mol. The molecule has 2 aromatic carbocycles.